The molecule has 1 aromatic rings. The van der Waals surface area contributed by atoms with Crippen LogP contribution in [0.15, 0.2) is 24.5 Å². The van der Waals surface area contributed by atoms with E-state index in [1.54, 1.807) is 12.4 Å². The molecule has 1 saturated heterocycles. The van der Waals surface area contributed by atoms with Gasteiger partial charge in [0.25, 0.3) is 0 Å². The maximum absolute atomic E-state index is 12.3. The Balaban J connectivity index is 1.60. The van der Waals surface area contributed by atoms with Gasteiger partial charge in [0.2, 0.25) is 11.8 Å². The van der Waals surface area contributed by atoms with Gasteiger partial charge in [0.05, 0.1) is 38.1 Å². The molecule has 7 nitrogen and oxygen atoms in total. The number of carbonyl (C=O) groups is 2. The van der Waals surface area contributed by atoms with Crippen molar-refractivity contribution in [2.24, 2.45) is 5.92 Å². The molecule has 0 bridgehead atoms. The molecule has 2 heterocycles. The summed E-state index contributed by atoms with van der Waals surface area (Å²) in [6.07, 6.45) is 6.43. The Morgan fingerprint density at radius 2 is 2.40 bits per heavy atom. The molecule has 2 fully saturated rings. The Bertz CT molecular complexity index is 610. The number of rotatable bonds is 5. The number of ether oxygens (including phenoxy) is 2. The molecule has 3 rings (SSSR count). The normalized spacial score (nSPS) is 25.8. The van der Waals surface area contributed by atoms with Crippen LogP contribution < -0.4 is 10.1 Å². The number of morpholine rings is 1. The second-order valence-corrected chi connectivity index (χ2v) is 6.73. The predicted molar refractivity (Wildman–Crippen MR) is 91.0 cm³/mol. The molecule has 1 spiro atoms. The van der Waals surface area contributed by atoms with E-state index in [2.05, 4.69) is 10.3 Å². The smallest absolute Gasteiger partial charge is 0.242 e. The van der Waals surface area contributed by atoms with E-state index in [-0.39, 0.29) is 29.9 Å². The molecule has 1 N–H and O–H groups in total. The average Bonchev–Trinajstić information content (AvgIpc) is 3.00. The summed E-state index contributed by atoms with van der Waals surface area (Å²) >= 11 is 0. The highest BCUT2D eigenvalue weighted by atomic mass is 16.5. The lowest BCUT2D eigenvalue weighted by molar-refractivity contribution is -0.159. The van der Waals surface area contributed by atoms with Crippen molar-refractivity contribution < 1.29 is 19.1 Å². The van der Waals surface area contributed by atoms with Gasteiger partial charge in [0.1, 0.15) is 5.75 Å². The number of carbonyl (C=O) groups excluding carboxylic acids is 2. The van der Waals surface area contributed by atoms with Gasteiger partial charge in [-0.1, -0.05) is 0 Å². The summed E-state index contributed by atoms with van der Waals surface area (Å²) in [7, 11) is 0. The summed E-state index contributed by atoms with van der Waals surface area (Å²) in [6, 6.07) is 3.74. The zero-order chi connectivity index (χ0) is 17.7. The predicted octanol–water partition coefficient (Wildman–Crippen LogP) is 0.994. The maximum Gasteiger partial charge on any atom is 0.242 e. The van der Waals surface area contributed by atoms with Crippen molar-refractivity contribution >= 4 is 11.8 Å². The van der Waals surface area contributed by atoms with Crippen LogP contribution in [0.3, 0.4) is 0 Å². The van der Waals surface area contributed by atoms with Crippen molar-refractivity contribution in [3.8, 4) is 5.75 Å². The van der Waals surface area contributed by atoms with E-state index < -0.39 is 0 Å². The van der Waals surface area contributed by atoms with Gasteiger partial charge in [-0.15, -0.1) is 0 Å². The van der Waals surface area contributed by atoms with Gasteiger partial charge in [0, 0.05) is 25.6 Å². The van der Waals surface area contributed by atoms with Gasteiger partial charge in [-0.25, -0.2) is 0 Å². The minimum absolute atomic E-state index is 0.0439. The molecule has 1 aromatic heterocycles. The van der Waals surface area contributed by atoms with E-state index in [1.165, 1.54) is 6.92 Å². The van der Waals surface area contributed by atoms with Crippen molar-refractivity contribution in [3.63, 3.8) is 0 Å². The molecule has 2 aliphatic rings. The Morgan fingerprint density at radius 1 is 1.52 bits per heavy atom. The quantitative estimate of drug-likeness (QED) is 0.859. The highest BCUT2D eigenvalue weighted by molar-refractivity contribution is 5.83. The van der Waals surface area contributed by atoms with Crippen LogP contribution in [-0.2, 0) is 14.3 Å². The summed E-state index contributed by atoms with van der Waals surface area (Å²) < 4.78 is 12.0. The lowest BCUT2D eigenvalue weighted by atomic mass is 9.89. The third-order valence-electron chi connectivity index (χ3n) is 5.03. The number of hydrogen-bond acceptors (Lipinski definition) is 5. The van der Waals surface area contributed by atoms with Crippen molar-refractivity contribution in [3.05, 3.63) is 24.5 Å². The van der Waals surface area contributed by atoms with Crippen LogP contribution in [0.4, 0.5) is 0 Å². The Hall–Kier alpha value is -2.15. The molecule has 0 radical (unpaired) electrons. The van der Waals surface area contributed by atoms with Gasteiger partial charge < -0.3 is 19.7 Å². The van der Waals surface area contributed by atoms with Gasteiger partial charge in [-0.3, -0.25) is 14.6 Å². The Labute approximate surface area is 147 Å². The third kappa shape index (κ3) is 4.28. The number of hydrogen-bond donors (Lipinski definition) is 1. The Kier molecular flexibility index (Phi) is 5.53. The topological polar surface area (TPSA) is 80.8 Å². The summed E-state index contributed by atoms with van der Waals surface area (Å²) in [5.41, 5.74) is -0.341. The second kappa shape index (κ2) is 7.82. The summed E-state index contributed by atoms with van der Waals surface area (Å²) in [4.78, 5) is 29.2. The molecule has 7 heteroatoms. The van der Waals surface area contributed by atoms with E-state index in [1.807, 2.05) is 17.0 Å². The molecule has 2 amide bonds. The first kappa shape index (κ1) is 17.7. The fourth-order valence-electron chi connectivity index (χ4n) is 3.71. The molecule has 1 saturated carbocycles. The monoisotopic (exact) mass is 347 g/mol. The molecule has 25 heavy (non-hydrogen) atoms. The van der Waals surface area contributed by atoms with E-state index in [4.69, 9.17) is 9.47 Å². The zero-order valence-electron chi connectivity index (χ0n) is 14.6. The zero-order valence-corrected chi connectivity index (χ0v) is 14.6. The SMILES string of the molecule is CC(=O)NCC(=O)N1CCO[C@]2(CCC[C@@H]2COc2cccnc2)C1. The molecule has 0 unspecified atom stereocenters. The number of aromatic nitrogens is 1. The van der Waals surface area contributed by atoms with Gasteiger partial charge in [-0.05, 0) is 31.4 Å². The van der Waals surface area contributed by atoms with Crippen molar-refractivity contribution in [1.29, 1.82) is 0 Å². The van der Waals surface area contributed by atoms with Crippen LogP contribution in [0.2, 0.25) is 0 Å². The molecule has 0 aromatic carbocycles. The second-order valence-electron chi connectivity index (χ2n) is 6.73. The molecule has 1 aliphatic carbocycles. The van der Waals surface area contributed by atoms with Gasteiger partial charge in [0.15, 0.2) is 0 Å². The minimum Gasteiger partial charge on any atom is -0.492 e. The molecular weight excluding hydrogens is 322 g/mol. The highest BCUT2D eigenvalue weighted by Gasteiger charge is 2.48. The first-order chi connectivity index (χ1) is 12.1. The van der Waals surface area contributed by atoms with E-state index >= 15 is 0 Å². The van der Waals surface area contributed by atoms with Crippen LogP contribution in [0, 0.1) is 5.92 Å². The number of nitrogens with one attached hydrogen (secondary N) is 1. The molecule has 2 atom stereocenters. The Morgan fingerprint density at radius 3 is 3.16 bits per heavy atom. The van der Waals surface area contributed by atoms with Crippen LogP contribution in [0.5, 0.6) is 5.75 Å². The highest BCUT2D eigenvalue weighted by Crippen LogP contribution is 2.41. The largest absolute Gasteiger partial charge is 0.492 e. The lowest BCUT2D eigenvalue weighted by Crippen LogP contribution is -2.57. The van der Waals surface area contributed by atoms with Crippen molar-refractivity contribution in [1.82, 2.24) is 15.2 Å². The number of nitrogens with zero attached hydrogens (tertiary/aromatic N) is 2. The van der Waals surface area contributed by atoms with E-state index in [9.17, 15) is 9.59 Å². The fourth-order valence-corrected chi connectivity index (χ4v) is 3.71. The summed E-state index contributed by atoms with van der Waals surface area (Å²) in [6.45, 7) is 3.66. The van der Waals surface area contributed by atoms with Crippen molar-refractivity contribution in [2.75, 3.05) is 32.8 Å². The van der Waals surface area contributed by atoms with Crippen LogP contribution in [0.25, 0.3) is 0 Å². The fraction of sp³-hybridized carbons (Fsp3) is 0.611. The van der Waals surface area contributed by atoms with Gasteiger partial charge in [-0.2, -0.15) is 0 Å². The first-order valence-electron chi connectivity index (χ1n) is 8.78. The van der Waals surface area contributed by atoms with E-state index in [0.717, 1.165) is 25.0 Å². The maximum atomic E-state index is 12.3. The summed E-state index contributed by atoms with van der Waals surface area (Å²) in [5, 5.41) is 2.58. The summed E-state index contributed by atoms with van der Waals surface area (Å²) in [5.74, 6) is 0.736. The standard InChI is InChI=1S/C18H25N3O4/c1-14(22)20-11-17(23)21-8-9-25-18(13-21)6-2-4-15(18)12-24-16-5-3-7-19-10-16/h3,5,7,10,15H,2,4,6,8-9,11-13H2,1H3,(H,20,22)/t15-,18-/m1/s1. The molecule has 1 aliphatic heterocycles. The third-order valence-corrected chi connectivity index (χ3v) is 5.03. The van der Waals surface area contributed by atoms with Gasteiger partial charge >= 0.3 is 0 Å². The molecule has 136 valence electrons. The number of amides is 2. The van der Waals surface area contributed by atoms with E-state index in [0.29, 0.717) is 26.3 Å². The van der Waals surface area contributed by atoms with Crippen LogP contribution in [-0.4, -0.2) is 60.1 Å². The molecular formula is C18H25N3O4. The van der Waals surface area contributed by atoms with Crippen LogP contribution in [0.1, 0.15) is 26.2 Å². The average molecular weight is 347 g/mol. The van der Waals surface area contributed by atoms with Crippen LogP contribution >= 0.6 is 0 Å². The number of pyridine rings is 1. The van der Waals surface area contributed by atoms with Crippen molar-refractivity contribution in [2.45, 2.75) is 31.8 Å². The minimum atomic E-state index is -0.341. The first-order valence-corrected chi connectivity index (χ1v) is 8.78. The lowest BCUT2D eigenvalue weighted by Gasteiger charge is -2.44.